The number of aliphatic hydroxyl groups is 1. The van der Waals surface area contributed by atoms with Crippen molar-refractivity contribution in [2.75, 3.05) is 11.3 Å². The maximum Gasteiger partial charge on any atom is 0.265 e. The van der Waals surface area contributed by atoms with Crippen molar-refractivity contribution in [3.63, 3.8) is 0 Å². The molecular weight excluding hydrogens is 246 g/mol. The summed E-state index contributed by atoms with van der Waals surface area (Å²) in [5, 5.41) is 18.6. The fraction of sp³-hybridized carbons (Fsp3) is 0.250. The highest BCUT2D eigenvalue weighted by atomic mass is 32.2. The summed E-state index contributed by atoms with van der Waals surface area (Å²) in [5.41, 5.74) is 0.347. The van der Waals surface area contributed by atoms with Gasteiger partial charge in [0.25, 0.3) is 10.0 Å². The van der Waals surface area contributed by atoms with Crippen molar-refractivity contribution in [1.29, 1.82) is 0 Å². The van der Waals surface area contributed by atoms with E-state index >= 15 is 0 Å². The van der Waals surface area contributed by atoms with Gasteiger partial charge < -0.3 is 5.11 Å². The van der Waals surface area contributed by atoms with Crippen molar-refractivity contribution in [2.24, 2.45) is 0 Å². The zero-order valence-electron chi connectivity index (χ0n) is 8.74. The first-order valence-corrected chi connectivity index (χ1v) is 6.25. The number of nitrogens with one attached hydrogen (secondary N) is 2. The van der Waals surface area contributed by atoms with E-state index in [-0.39, 0.29) is 18.0 Å². The molecule has 8 nitrogen and oxygen atoms in total. The second kappa shape index (κ2) is 4.55. The minimum Gasteiger partial charge on any atom is -0.394 e. The lowest BCUT2D eigenvalue weighted by molar-refractivity contribution is 0.269. The van der Waals surface area contributed by atoms with Crippen LogP contribution in [-0.4, -0.2) is 40.1 Å². The standard InChI is InChI=1S/C8H11N5O3S/c14-2-1-13-6-8(5-11-13)17(15,16)12-7-3-9-10-4-7/h3-6,12,14H,1-2H2,(H,9,10). The van der Waals surface area contributed by atoms with Gasteiger partial charge in [0.2, 0.25) is 0 Å². The number of aromatic nitrogens is 4. The number of H-pyrrole nitrogens is 1. The summed E-state index contributed by atoms with van der Waals surface area (Å²) in [7, 11) is -3.66. The Morgan fingerprint density at radius 2 is 2.29 bits per heavy atom. The summed E-state index contributed by atoms with van der Waals surface area (Å²) in [5.74, 6) is 0. The number of rotatable bonds is 5. The minimum atomic E-state index is -3.66. The highest BCUT2D eigenvalue weighted by Crippen LogP contribution is 2.13. The number of anilines is 1. The highest BCUT2D eigenvalue weighted by Gasteiger charge is 2.16. The summed E-state index contributed by atoms with van der Waals surface area (Å²) in [6, 6.07) is 0. The van der Waals surface area contributed by atoms with Crippen LogP contribution in [0.15, 0.2) is 29.7 Å². The van der Waals surface area contributed by atoms with Gasteiger partial charge in [0.15, 0.2) is 0 Å². The van der Waals surface area contributed by atoms with Gasteiger partial charge in [-0.25, -0.2) is 8.42 Å². The zero-order valence-corrected chi connectivity index (χ0v) is 9.55. The first kappa shape index (κ1) is 11.6. The van der Waals surface area contributed by atoms with Crippen LogP contribution in [0.1, 0.15) is 0 Å². The van der Waals surface area contributed by atoms with Crippen molar-refractivity contribution in [3.05, 3.63) is 24.8 Å². The molecule has 0 aliphatic heterocycles. The molecule has 0 atom stereocenters. The SMILES string of the molecule is O=S(=O)(Nc1cn[nH]c1)c1cnn(CCO)c1. The Morgan fingerprint density at radius 3 is 2.94 bits per heavy atom. The molecule has 2 rings (SSSR count). The number of hydrogen-bond acceptors (Lipinski definition) is 5. The van der Waals surface area contributed by atoms with Crippen LogP contribution in [0.2, 0.25) is 0 Å². The van der Waals surface area contributed by atoms with E-state index in [0.29, 0.717) is 5.69 Å². The average Bonchev–Trinajstić information content (AvgIpc) is 2.88. The Hall–Kier alpha value is -1.87. The third kappa shape index (κ3) is 2.63. The lowest BCUT2D eigenvalue weighted by atomic mass is 10.6. The molecule has 0 radical (unpaired) electrons. The van der Waals surface area contributed by atoms with Crippen LogP contribution >= 0.6 is 0 Å². The van der Waals surface area contributed by atoms with Crippen LogP contribution in [0.3, 0.4) is 0 Å². The van der Waals surface area contributed by atoms with Crippen LogP contribution in [0.5, 0.6) is 0 Å². The normalized spacial score (nSPS) is 11.6. The van der Waals surface area contributed by atoms with Gasteiger partial charge >= 0.3 is 0 Å². The van der Waals surface area contributed by atoms with E-state index < -0.39 is 10.0 Å². The molecular formula is C8H11N5O3S. The van der Waals surface area contributed by atoms with Gasteiger partial charge in [0, 0.05) is 12.4 Å². The molecule has 0 aliphatic carbocycles. The molecule has 2 aromatic rings. The fourth-order valence-electron chi connectivity index (χ4n) is 1.23. The molecule has 3 N–H and O–H groups in total. The van der Waals surface area contributed by atoms with Crippen molar-refractivity contribution in [1.82, 2.24) is 20.0 Å². The first-order chi connectivity index (χ1) is 8.12. The molecule has 0 aliphatic rings. The summed E-state index contributed by atoms with van der Waals surface area (Å²) < 4.78 is 27.4. The zero-order chi connectivity index (χ0) is 12.3. The fourth-order valence-corrected chi connectivity index (χ4v) is 2.22. The van der Waals surface area contributed by atoms with Gasteiger partial charge in [0.05, 0.1) is 31.2 Å². The summed E-state index contributed by atoms with van der Waals surface area (Å²) in [6.07, 6.45) is 5.35. The first-order valence-electron chi connectivity index (χ1n) is 4.77. The predicted octanol–water partition coefficient (Wildman–Crippen LogP) is -0.601. The molecule has 0 amide bonds. The van der Waals surface area contributed by atoms with Gasteiger partial charge in [-0.15, -0.1) is 0 Å². The Bertz CT molecular complexity index is 574. The van der Waals surface area contributed by atoms with E-state index in [1.54, 1.807) is 0 Å². The van der Waals surface area contributed by atoms with Crippen molar-refractivity contribution < 1.29 is 13.5 Å². The smallest absolute Gasteiger partial charge is 0.265 e. The third-order valence-electron chi connectivity index (χ3n) is 2.00. The maximum absolute atomic E-state index is 11.8. The van der Waals surface area contributed by atoms with Crippen LogP contribution in [0.25, 0.3) is 0 Å². The van der Waals surface area contributed by atoms with Crippen LogP contribution in [0.4, 0.5) is 5.69 Å². The monoisotopic (exact) mass is 257 g/mol. The molecule has 0 saturated carbocycles. The molecule has 0 fully saturated rings. The molecule has 17 heavy (non-hydrogen) atoms. The topological polar surface area (TPSA) is 113 Å². The van der Waals surface area contributed by atoms with Crippen molar-refractivity contribution in [2.45, 2.75) is 11.4 Å². The number of aromatic amines is 1. The molecule has 92 valence electrons. The number of hydrogen-bond donors (Lipinski definition) is 3. The predicted molar refractivity (Wildman–Crippen MR) is 58.7 cm³/mol. The maximum atomic E-state index is 11.8. The summed E-state index contributed by atoms with van der Waals surface area (Å²) in [4.78, 5) is 0.0344. The van der Waals surface area contributed by atoms with E-state index in [4.69, 9.17) is 5.11 Å². The molecule has 0 saturated heterocycles. The lowest BCUT2D eigenvalue weighted by Gasteiger charge is -2.02. The molecule has 9 heteroatoms. The van der Waals surface area contributed by atoms with Crippen molar-refractivity contribution in [3.8, 4) is 0 Å². The van der Waals surface area contributed by atoms with Gasteiger partial charge in [-0.1, -0.05) is 0 Å². The van der Waals surface area contributed by atoms with Crippen LogP contribution in [-0.2, 0) is 16.6 Å². The minimum absolute atomic E-state index is 0.0344. The molecule has 2 aromatic heterocycles. The Labute approximate surface area is 97.3 Å². The van der Waals surface area contributed by atoms with E-state index in [9.17, 15) is 8.42 Å². The van der Waals surface area contributed by atoms with E-state index in [1.165, 1.54) is 29.5 Å². The second-order valence-corrected chi connectivity index (χ2v) is 4.94. The molecule has 0 unspecified atom stereocenters. The lowest BCUT2D eigenvalue weighted by Crippen LogP contribution is -2.11. The van der Waals surface area contributed by atoms with Crippen LogP contribution in [0, 0.1) is 0 Å². The Kier molecular flexibility index (Phi) is 3.11. The largest absolute Gasteiger partial charge is 0.394 e. The van der Waals surface area contributed by atoms with Gasteiger partial charge in [-0.2, -0.15) is 10.2 Å². The van der Waals surface area contributed by atoms with Crippen molar-refractivity contribution >= 4 is 15.7 Å². The van der Waals surface area contributed by atoms with Gasteiger partial charge in [-0.3, -0.25) is 14.5 Å². The number of aliphatic hydroxyl groups excluding tert-OH is 1. The summed E-state index contributed by atoms with van der Waals surface area (Å²) >= 11 is 0. The second-order valence-electron chi connectivity index (χ2n) is 3.26. The van der Waals surface area contributed by atoms with E-state index in [2.05, 4.69) is 20.0 Å². The molecule has 0 bridgehead atoms. The van der Waals surface area contributed by atoms with Crippen LogP contribution < -0.4 is 4.72 Å². The van der Waals surface area contributed by atoms with Gasteiger partial charge in [-0.05, 0) is 0 Å². The third-order valence-corrected chi connectivity index (χ3v) is 3.34. The average molecular weight is 257 g/mol. The molecule has 2 heterocycles. The highest BCUT2D eigenvalue weighted by molar-refractivity contribution is 7.92. The van der Waals surface area contributed by atoms with Gasteiger partial charge in [0.1, 0.15) is 4.90 Å². The van der Waals surface area contributed by atoms with E-state index in [1.807, 2.05) is 0 Å². The van der Waals surface area contributed by atoms with E-state index in [0.717, 1.165) is 0 Å². The quantitative estimate of drug-likeness (QED) is 0.662. The summed E-state index contributed by atoms with van der Waals surface area (Å²) in [6.45, 7) is 0.150. The Morgan fingerprint density at radius 1 is 1.47 bits per heavy atom. The number of sulfonamides is 1. The number of nitrogens with zero attached hydrogens (tertiary/aromatic N) is 3. The Balaban J connectivity index is 2.19. The molecule has 0 aromatic carbocycles. The molecule has 0 spiro atoms.